The molecule has 0 aliphatic heterocycles. The molecule has 0 radical (unpaired) electrons. The van der Waals surface area contributed by atoms with E-state index in [9.17, 15) is 31.2 Å². The average molecular weight is 518 g/mol. The number of benzene rings is 1. The molecule has 1 aromatic carbocycles. The fourth-order valence-electron chi connectivity index (χ4n) is 3.79. The Morgan fingerprint density at radius 3 is 2.42 bits per heavy atom. The van der Waals surface area contributed by atoms with Crippen LogP contribution in [0.5, 0.6) is 0 Å². The summed E-state index contributed by atoms with van der Waals surface area (Å²) in [6.45, 7) is 2.49. The van der Waals surface area contributed by atoms with Crippen LogP contribution in [0, 0.1) is 17.1 Å². The number of hydrogen-bond donors (Lipinski definition) is 1. The molecule has 12 heteroatoms. The summed E-state index contributed by atoms with van der Waals surface area (Å²) in [5, 5.41) is 10.3. The summed E-state index contributed by atoms with van der Waals surface area (Å²) >= 11 is 0. The molecular formula is C24H19F4N5O2S. The van der Waals surface area contributed by atoms with Gasteiger partial charge in [-0.3, -0.25) is 9.97 Å². The molecule has 1 N–H and O–H groups in total. The highest BCUT2D eigenvalue weighted by molar-refractivity contribution is 7.89. The molecule has 0 amide bonds. The molecule has 1 atom stereocenters. The summed E-state index contributed by atoms with van der Waals surface area (Å²) < 4.78 is 81.3. The molecule has 7 nitrogen and oxygen atoms in total. The maximum atomic E-state index is 14.7. The molecule has 36 heavy (non-hydrogen) atoms. The lowest BCUT2D eigenvalue weighted by Gasteiger charge is -2.17. The lowest BCUT2D eigenvalue weighted by molar-refractivity contribution is -0.147. The highest BCUT2D eigenvalue weighted by atomic mass is 32.2. The number of rotatable bonds is 6. The van der Waals surface area contributed by atoms with E-state index in [0.29, 0.717) is 35.5 Å². The highest BCUT2D eigenvalue weighted by Gasteiger charge is 2.39. The molecule has 0 aliphatic rings. The quantitative estimate of drug-likeness (QED) is 0.367. The van der Waals surface area contributed by atoms with E-state index in [1.54, 1.807) is 34.4 Å². The van der Waals surface area contributed by atoms with Crippen LogP contribution in [0.15, 0.2) is 59.9 Å². The fraction of sp³-hybridized carbons (Fsp3) is 0.208. The van der Waals surface area contributed by atoms with Crippen molar-refractivity contribution in [1.29, 1.82) is 5.26 Å². The second-order valence-electron chi connectivity index (χ2n) is 7.95. The van der Waals surface area contributed by atoms with Crippen LogP contribution in [0.3, 0.4) is 0 Å². The van der Waals surface area contributed by atoms with Gasteiger partial charge in [-0.25, -0.2) is 12.8 Å². The minimum absolute atomic E-state index is 0.107. The summed E-state index contributed by atoms with van der Waals surface area (Å²) in [4.78, 5) is 7.68. The Bertz CT molecular complexity index is 1580. The predicted molar refractivity (Wildman–Crippen MR) is 124 cm³/mol. The number of halogens is 4. The summed E-state index contributed by atoms with van der Waals surface area (Å²) in [6, 6.07) is 8.44. The molecule has 0 saturated carbocycles. The molecule has 0 bridgehead atoms. The van der Waals surface area contributed by atoms with Crippen LogP contribution in [-0.2, 0) is 16.4 Å². The van der Waals surface area contributed by atoms with Gasteiger partial charge in [0, 0.05) is 29.7 Å². The third-order valence-electron chi connectivity index (χ3n) is 5.66. The third-order valence-corrected chi connectivity index (χ3v) is 7.19. The Balaban J connectivity index is 1.91. The van der Waals surface area contributed by atoms with Gasteiger partial charge in [0.15, 0.2) is 0 Å². The number of hydrogen-bond acceptors (Lipinski definition) is 5. The number of aryl methyl sites for hydroxylation is 1. The van der Waals surface area contributed by atoms with Gasteiger partial charge in [-0.2, -0.15) is 23.2 Å². The van der Waals surface area contributed by atoms with Crippen molar-refractivity contribution >= 4 is 20.9 Å². The average Bonchev–Trinajstić information content (AvgIpc) is 3.16. The van der Waals surface area contributed by atoms with E-state index >= 15 is 0 Å². The topological polar surface area (TPSA) is 101 Å². The lowest BCUT2D eigenvalue weighted by atomic mass is 10.1. The molecule has 1 unspecified atom stereocenters. The number of sulfonamides is 1. The Labute approximate surface area is 204 Å². The Morgan fingerprint density at radius 2 is 1.86 bits per heavy atom. The van der Waals surface area contributed by atoms with Gasteiger partial charge < -0.3 is 4.57 Å². The molecule has 3 aromatic heterocycles. The second kappa shape index (κ2) is 9.33. The van der Waals surface area contributed by atoms with Crippen LogP contribution in [0.4, 0.5) is 17.6 Å². The largest absolute Gasteiger partial charge is 0.404 e. The van der Waals surface area contributed by atoms with E-state index < -0.39 is 33.0 Å². The van der Waals surface area contributed by atoms with Crippen LogP contribution < -0.4 is 4.72 Å². The van der Waals surface area contributed by atoms with Gasteiger partial charge in [-0.15, -0.1) is 0 Å². The highest BCUT2D eigenvalue weighted by Crippen LogP contribution is 2.37. The van der Waals surface area contributed by atoms with Crippen LogP contribution in [0.1, 0.15) is 25.0 Å². The Kier molecular flexibility index (Phi) is 6.55. The van der Waals surface area contributed by atoms with Crippen LogP contribution >= 0.6 is 0 Å². The van der Waals surface area contributed by atoms with Crippen molar-refractivity contribution in [3.05, 3.63) is 71.9 Å². The number of pyridine rings is 2. The number of nitriles is 1. The van der Waals surface area contributed by atoms with E-state index in [1.807, 2.05) is 0 Å². The predicted octanol–water partition coefficient (Wildman–Crippen LogP) is 4.89. The van der Waals surface area contributed by atoms with Crippen molar-refractivity contribution in [2.75, 3.05) is 0 Å². The van der Waals surface area contributed by atoms with Crippen molar-refractivity contribution in [1.82, 2.24) is 19.3 Å². The van der Waals surface area contributed by atoms with Crippen LogP contribution in [-0.4, -0.2) is 35.2 Å². The van der Waals surface area contributed by atoms with E-state index in [2.05, 4.69) is 16.0 Å². The van der Waals surface area contributed by atoms with E-state index in [4.69, 9.17) is 0 Å². The van der Waals surface area contributed by atoms with Crippen molar-refractivity contribution in [2.24, 2.45) is 0 Å². The van der Waals surface area contributed by atoms with E-state index in [1.165, 1.54) is 24.5 Å². The van der Waals surface area contributed by atoms with Crippen molar-refractivity contribution in [2.45, 2.75) is 37.4 Å². The fourth-order valence-corrected chi connectivity index (χ4v) is 4.96. The smallest absolute Gasteiger partial charge is 0.306 e. The van der Waals surface area contributed by atoms with Crippen molar-refractivity contribution in [3.8, 4) is 23.1 Å². The summed E-state index contributed by atoms with van der Waals surface area (Å²) in [6.07, 6.45) is -0.362. The SMILES string of the molecule is CCc1cc2c(cc1F)c(C#N)c(-c1ccc(S(=O)(=O)NC(C)C(F)(F)F)cn1)n2-c1ccncc1. The molecular weight excluding hydrogens is 498 g/mol. The Morgan fingerprint density at radius 1 is 1.17 bits per heavy atom. The first-order valence-electron chi connectivity index (χ1n) is 10.7. The molecule has 0 aliphatic carbocycles. The third kappa shape index (κ3) is 4.55. The van der Waals surface area contributed by atoms with Gasteiger partial charge >= 0.3 is 6.18 Å². The zero-order valence-corrected chi connectivity index (χ0v) is 19.8. The summed E-state index contributed by atoms with van der Waals surface area (Å²) in [5.74, 6) is -0.473. The van der Waals surface area contributed by atoms with Gasteiger partial charge in [0.2, 0.25) is 10.0 Å². The molecule has 0 fully saturated rings. The number of nitrogens with one attached hydrogen (secondary N) is 1. The van der Waals surface area contributed by atoms with E-state index in [0.717, 1.165) is 12.3 Å². The van der Waals surface area contributed by atoms with Crippen LogP contribution in [0.2, 0.25) is 0 Å². The van der Waals surface area contributed by atoms with Crippen molar-refractivity contribution < 1.29 is 26.0 Å². The molecule has 4 rings (SSSR count). The molecule has 3 heterocycles. The normalized spacial score (nSPS) is 13.0. The number of aromatic nitrogens is 3. The standard InChI is InChI=1S/C24H19F4N5O2S/c1-3-15-10-22-18(11-20(15)25)19(12-29)23(33(22)16-6-8-30-9-7-16)21-5-4-17(13-31-21)36(34,35)32-14(2)24(26,27)28/h4-11,13-14,32H,3H2,1-2H3. The van der Waals surface area contributed by atoms with E-state index in [-0.39, 0.29) is 17.0 Å². The maximum Gasteiger partial charge on any atom is 0.404 e. The van der Waals surface area contributed by atoms with Gasteiger partial charge in [-0.1, -0.05) is 6.92 Å². The van der Waals surface area contributed by atoms with Gasteiger partial charge in [0.25, 0.3) is 0 Å². The first kappa shape index (κ1) is 25.3. The first-order valence-corrected chi connectivity index (χ1v) is 12.2. The summed E-state index contributed by atoms with van der Waals surface area (Å²) in [5.41, 5.74) is 2.11. The first-order chi connectivity index (χ1) is 17.0. The van der Waals surface area contributed by atoms with Crippen LogP contribution in [0.25, 0.3) is 28.0 Å². The number of nitrogens with zero attached hydrogens (tertiary/aromatic N) is 4. The second-order valence-corrected chi connectivity index (χ2v) is 9.67. The molecule has 0 spiro atoms. The molecule has 4 aromatic rings. The van der Waals surface area contributed by atoms with Gasteiger partial charge in [-0.05, 0) is 55.3 Å². The minimum Gasteiger partial charge on any atom is -0.306 e. The molecule has 186 valence electrons. The van der Waals surface area contributed by atoms with Crippen molar-refractivity contribution in [3.63, 3.8) is 0 Å². The minimum atomic E-state index is -4.76. The summed E-state index contributed by atoms with van der Waals surface area (Å²) in [7, 11) is -4.52. The number of alkyl halides is 3. The lowest BCUT2D eigenvalue weighted by Crippen LogP contribution is -2.42. The zero-order valence-electron chi connectivity index (χ0n) is 19.0. The zero-order chi connectivity index (χ0) is 26.3. The number of fused-ring (bicyclic) bond motifs is 1. The van der Waals surface area contributed by atoms with Gasteiger partial charge in [0.1, 0.15) is 22.8 Å². The Hall–Kier alpha value is -3.82. The maximum absolute atomic E-state index is 14.7. The van der Waals surface area contributed by atoms with Gasteiger partial charge in [0.05, 0.1) is 22.5 Å². The monoisotopic (exact) mass is 517 g/mol. The molecule has 0 saturated heterocycles.